The summed E-state index contributed by atoms with van der Waals surface area (Å²) in [5, 5.41) is 4.27. The molecule has 7 nitrogen and oxygen atoms in total. The number of carbonyl (C=O) groups is 1. The van der Waals surface area contributed by atoms with Gasteiger partial charge in [0.05, 0.1) is 12.2 Å². The van der Waals surface area contributed by atoms with Crippen LogP contribution in [0.15, 0.2) is 36.8 Å². The van der Waals surface area contributed by atoms with Crippen LogP contribution in [0.2, 0.25) is 0 Å². The Kier molecular flexibility index (Phi) is 6.81. The second-order valence-corrected chi connectivity index (χ2v) is 7.03. The van der Waals surface area contributed by atoms with Crippen LogP contribution < -0.4 is 4.90 Å². The number of amides is 1. The lowest BCUT2D eigenvalue weighted by Gasteiger charge is -2.36. The number of aromatic nitrogens is 3. The van der Waals surface area contributed by atoms with Gasteiger partial charge in [0.15, 0.2) is 0 Å². The molecule has 1 saturated heterocycles. The van der Waals surface area contributed by atoms with Crippen molar-refractivity contribution in [2.75, 3.05) is 38.8 Å². The van der Waals surface area contributed by atoms with Crippen molar-refractivity contribution in [3.05, 3.63) is 42.4 Å². The van der Waals surface area contributed by atoms with E-state index in [9.17, 15) is 4.79 Å². The van der Waals surface area contributed by atoms with E-state index in [4.69, 9.17) is 4.74 Å². The lowest BCUT2D eigenvalue weighted by molar-refractivity contribution is 0.0593. The van der Waals surface area contributed by atoms with E-state index in [-0.39, 0.29) is 11.9 Å². The zero-order valence-electron chi connectivity index (χ0n) is 16.3. The maximum Gasteiger partial charge on any atom is 0.255 e. The Labute approximate surface area is 160 Å². The molecule has 7 heteroatoms. The average Bonchev–Trinajstić information content (AvgIpc) is 3.24. The molecule has 1 fully saturated rings. The summed E-state index contributed by atoms with van der Waals surface area (Å²) in [6, 6.07) is 5.99. The third-order valence-corrected chi connectivity index (χ3v) is 5.16. The molecular formula is C20H29N5O2. The molecule has 3 rings (SSSR count). The van der Waals surface area contributed by atoms with Crippen LogP contribution in [-0.4, -0.2) is 65.5 Å². The molecule has 1 aliphatic rings. The highest BCUT2D eigenvalue weighted by molar-refractivity contribution is 5.94. The Hall–Kier alpha value is -2.41. The van der Waals surface area contributed by atoms with Crippen molar-refractivity contribution in [2.24, 2.45) is 0 Å². The number of piperidine rings is 1. The minimum atomic E-state index is 0.0822. The Bertz CT molecular complexity index is 702. The molecule has 0 radical (unpaired) electrons. The summed E-state index contributed by atoms with van der Waals surface area (Å²) in [6.45, 7) is 3.06. The van der Waals surface area contributed by atoms with Crippen LogP contribution >= 0.6 is 0 Å². The summed E-state index contributed by atoms with van der Waals surface area (Å²) in [5.41, 5.74) is 0.657. The van der Waals surface area contributed by atoms with E-state index in [1.165, 1.54) is 6.42 Å². The molecule has 0 bridgehead atoms. The van der Waals surface area contributed by atoms with Crippen LogP contribution in [0.3, 0.4) is 0 Å². The quantitative estimate of drug-likeness (QED) is 0.713. The first-order chi connectivity index (χ1) is 13.2. The summed E-state index contributed by atoms with van der Waals surface area (Å²) in [4.78, 5) is 21.6. The van der Waals surface area contributed by atoms with Gasteiger partial charge >= 0.3 is 0 Å². The average molecular weight is 371 g/mol. The molecule has 0 N–H and O–H groups in total. The van der Waals surface area contributed by atoms with Crippen molar-refractivity contribution in [3.63, 3.8) is 0 Å². The lowest BCUT2D eigenvalue weighted by atomic mass is 9.98. The minimum Gasteiger partial charge on any atom is -0.383 e. The van der Waals surface area contributed by atoms with E-state index < -0.39 is 0 Å². The molecule has 27 heavy (non-hydrogen) atoms. The monoisotopic (exact) mass is 371 g/mol. The fourth-order valence-electron chi connectivity index (χ4n) is 3.53. The zero-order valence-corrected chi connectivity index (χ0v) is 16.3. The van der Waals surface area contributed by atoms with Crippen LogP contribution in [0.1, 0.15) is 36.0 Å². The van der Waals surface area contributed by atoms with Crippen molar-refractivity contribution < 1.29 is 9.53 Å². The molecule has 0 aliphatic carbocycles. The van der Waals surface area contributed by atoms with Gasteiger partial charge in [0.25, 0.3) is 5.91 Å². The van der Waals surface area contributed by atoms with Gasteiger partial charge < -0.3 is 14.5 Å². The smallest absolute Gasteiger partial charge is 0.255 e. The van der Waals surface area contributed by atoms with Crippen molar-refractivity contribution in [3.8, 4) is 0 Å². The number of pyridine rings is 1. The zero-order chi connectivity index (χ0) is 19.1. The molecule has 2 aromatic rings. The summed E-state index contributed by atoms with van der Waals surface area (Å²) < 4.78 is 7.03. The molecule has 1 aliphatic heterocycles. The van der Waals surface area contributed by atoms with E-state index in [2.05, 4.69) is 10.1 Å². The molecule has 146 valence electrons. The Morgan fingerprint density at radius 3 is 2.96 bits per heavy atom. The molecule has 0 saturated carbocycles. The molecule has 0 spiro atoms. The molecule has 1 amide bonds. The normalized spacial score (nSPS) is 17.1. The second-order valence-electron chi connectivity index (χ2n) is 7.03. The minimum absolute atomic E-state index is 0.0822. The Balaban J connectivity index is 1.63. The highest BCUT2D eigenvalue weighted by Gasteiger charge is 2.27. The van der Waals surface area contributed by atoms with Crippen molar-refractivity contribution in [2.45, 2.75) is 38.3 Å². The Morgan fingerprint density at radius 2 is 2.26 bits per heavy atom. The van der Waals surface area contributed by atoms with E-state index in [1.54, 1.807) is 19.5 Å². The maximum absolute atomic E-state index is 13.1. The predicted molar refractivity (Wildman–Crippen MR) is 105 cm³/mol. The lowest BCUT2D eigenvalue weighted by Crippen LogP contribution is -2.44. The standard InChI is InChI=1S/C20H29N5O2/c1-23(14-15-27-2)19-8-7-17(16-21-19)20(26)25-12-4-3-6-18(25)9-13-24-11-5-10-22-24/h5,7-8,10-11,16,18H,3-4,6,9,12-15H2,1-2H3/t18-/m0/s1. The molecule has 0 aromatic carbocycles. The summed E-state index contributed by atoms with van der Waals surface area (Å²) in [5.74, 6) is 0.927. The topological polar surface area (TPSA) is 63.5 Å². The fourth-order valence-corrected chi connectivity index (χ4v) is 3.53. The number of aryl methyl sites for hydroxylation is 1. The van der Waals surface area contributed by atoms with Gasteiger partial charge in [-0.3, -0.25) is 9.48 Å². The number of anilines is 1. The first-order valence-corrected chi connectivity index (χ1v) is 9.63. The van der Waals surface area contributed by atoms with Crippen LogP contribution in [0.5, 0.6) is 0 Å². The summed E-state index contributed by atoms with van der Waals surface area (Å²) >= 11 is 0. The van der Waals surface area contributed by atoms with E-state index in [1.807, 2.05) is 45.9 Å². The third-order valence-electron chi connectivity index (χ3n) is 5.16. The van der Waals surface area contributed by atoms with Gasteiger partial charge in [-0.05, 0) is 43.9 Å². The number of likely N-dealkylation sites (N-methyl/N-ethyl adjacent to an activating group) is 1. The number of rotatable bonds is 8. The number of hydrogen-bond acceptors (Lipinski definition) is 5. The van der Waals surface area contributed by atoms with Crippen LogP contribution in [0, 0.1) is 0 Å². The largest absolute Gasteiger partial charge is 0.383 e. The van der Waals surface area contributed by atoms with Gasteiger partial charge in [-0.15, -0.1) is 0 Å². The van der Waals surface area contributed by atoms with Crippen molar-refractivity contribution in [1.82, 2.24) is 19.7 Å². The number of ether oxygens (including phenoxy) is 1. The highest BCUT2D eigenvalue weighted by Crippen LogP contribution is 2.23. The SMILES string of the molecule is COCCN(C)c1ccc(C(=O)N2CCCC[C@H]2CCn2cccn2)cn1. The summed E-state index contributed by atoms with van der Waals surface area (Å²) in [6.07, 6.45) is 9.68. The van der Waals surface area contributed by atoms with Crippen molar-refractivity contribution in [1.29, 1.82) is 0 Å². The predicted octanol–water partition coefficient (Wildman–Crippen LogP) is 2.45. The van der Waals surface area contributed by atoms with Gasteiger partial charge in [0, 0.05) is 58.4 Å². The van der Waals surface area contributed by atoms with Crippen molar-refractivity contribution >= 4 is 11.7 Å². The van der Waals surface area contributed by atoms with Gasteiger partial charge in [-0.1, -0.05) is 0 Å². The number of nitrogens with zero attached hydrogens (tertiary/aromatic N) is 5. The molecule has 2 aromatic heterocycles. The number of methoxy groups -OCH3 is 1. The fraction of sp³-hybridized carbons (Fsp3) is 0.550. The van der Waals surface area contributed by atoms with Crippen LogP contribution in [-0.2, 0) is 11.3 Å². The first-order valence-electron chi connectivity index (χ1n) is 9.63. The first kappa shape index (κ1) is 19.4. The maximum atomic E-state index is 13.1. The van der Waals surface area contributed by atoms with Gasteiger partial charge in [0.2, 0.25) is 0 Å². The summed E-state index contributed by atoms with van der Waals surface area (Å²) in [7, 11) is 3.66. The van der Waals surface area contributed by atoms with E-state index in [0.717, 1.165) is 44.7 Å². The molecule has 1 atom stereocenters. The van der Waals surface area contributed by atoms with Gasteiger partial charge in [0.1, 0.15) is 5.82 Å². The van der Waals surface area contributed by atoms with Crippen LogP contribution in [0.25, 0.3) is 0 Å². The van der Waals surface area contributed by atoms with Gasteiger partial charge in [-0.25, -0.2) is 4.98 Å². The van der Waals surface area contributed by atoms with Gasteiger partial charge in [-0.2, -0.15) is 5.10 Å². The molecular weight excluding hydrogens is 342 g/mol. The second kappa shape index (κ2) is 9.50. The molecule has 3 heterocycles. The van der Waals surface area contributed by atoms with Crippen LogP contribution in [0.4, 0.5) is 5.82 Å². The third kappa shape index (κ3) is 5.07. The number of carbonyl (C=O) groups excluding carboxylic acids is 1. The Morgan fingerprint density at radius 1 is 1.37 bits per heavy atom. The van der Waals surface area contributed by atoms with E-state index in [0.29, 0.717) is 12.2 Å². The number of hydrogen-bond donors (Lipinski definition) is 0. The molecule has 0 unspecified atom stereocenters. The highest BCUT2D eigenvalue weighted by atomic mass is 16.5. The van der Waals surface area contributed by atoms with E-state index >= 15 is 0 Å². The number of likely N-dealkylation sites (tertiary alicyclic amines) is 1.